The third-order valence-electron chi connectivity index (χ3n) is 2.37. The molecule has 1 aromatic heterocycles. The highest BCUT2D eigenvalue weighted by Crippen LogP contribution is 2.20. The normalized spacial score (nSPS) is 10.8. The van der Waals surface area contributed by atoms with Gasteiger partial charge in [-0.05, 0) is 35.9 Å². The SMILES string of the molecule is Cc1ccc(-n2nnnc2SCCN)c(C)c1. The van der Waals surface area contributed by atoms with Crippen LogP contribution in [0, 0.1) is 13.8 Å². The molecule has 17 heavy (non-hydrogen) atoms. The smallest absolute Gasteiger partial charge is 0.214 e. The van der Waals surface area contributed by atoms with Gasteiger partial charge in [-0.3, -0.25) is 0 Å². The molecule has 0 amide bonds. The Morgan fingerprint density at radius 2 is 2.18 bits per heavy atom. The van der Waals surface area contributed by atoms with E-state index in [4.69, 9.17) is 5.73 Å². The summed E-state index contributed by atoms with van der Waals surface area (Å²) in [7, 11) is 0. The largest absolute Gasteiger partial charge is 0.330 e. The quantitative estimate of drug-likeness (QED) is 0.828. The number of rotatable bonds is 4. The Balaban J connectivity index is 2.35. The Hall–Kier alpha value is -1.40. The summed E-state index contributed by atoms with van der Waals surface area (Å²) in [4.78, 5) is 0. The topological polar surface area (TPSA) is 69.6 Å². The molecule has 2 aromatic rings. The number of thioether (sulfide) groups is 1. The molecule has 0 saturated carbocycles. The van der Waals surface area contributed by atoms with Crippen LogP contribution in [0.3, 0.4) is 0 Å². The second kappa shape index (κ2) is 5.29. The number of hydrogen-bond donors (Lipinski definition) is 1. The average Bonchev–Trinajstić information content (AvgIpc) is 2.74. The fraction of sp³-hybridized carbons (Fsp3) is 0.364. The Morgan fingerprint density at radius 1 is 1.35 bits per heavy atom. The zero-order valence-corrected chi connectivity index (χ0v) is 10.7. The summed E-state index contributed by atoms with van der Waals surface area (Å²) in [5, 5.41) is 12.5. The zero-order valence-electron chi connectivity index (χ0n) is 9.92. The van der Waals surface area contributed by atoms with Crippen molar-refractivity contribution < 1.29 is 0 Å². The third-order valence-corrected chi connectivity index (χ3v) is 3.32. The molecular weight excluding hydrogens is 234 g/mol. The third kappa shape index (κ3) is 2.65. The van der Waals surface area contributed by atoms with E-state index in [9.17, 15) is 0 Å². The molecule has 0 spiro atoms. The van der Waals surface area contributed by atoms with E-state index in [0.29, 0.717) is 6.54 Å². The van der Waals surface area contributed by atoms with Gasteiger partial charge in [-0.25, -0.2) is 0 Å². The Labute approximate surface area is 104 Å². The predicted molar refractivity (Wildman–Crippen MR) is 68.4 cm³/mol. The average molecular weight is 249 g/mol. The van der Waals surface area contributed by atoms with Crippen LogP contribution in [-0.2, 0) is 0 Å². The van der Waals surface area contributed by atoms with Crippen molar-refractivity contribution in [2.45, 2.75) is 19.0 Å². The van der Waals surface area contributed by atoms with Gasteiger partial charge in [-0.1, -0.05) is 29.5 Å². The Bertz CT molecular complexity index is 508. The zero-order chi connectivity index (χ0) is 12.3. The van der Waals surface area contributed by atoms with Crippen molar-refractivity contribution in [3.63, 3.8) is 0 Å². The molecule has 0 aliphatic heterocycles. The van der Waals surface area contributed by atoms with E-state index < -0.39 is 0 Å². The van der Waals surface area contributed by atoms with Crippen LogP contribution in [0.15, 0.2) is 23.4 Å². The van der Waals surface area contributed by atoms with Crippen molar-refractivity contribution in [3.05, 3.63) is 29.3 Å². The molecule has 2 N–H and O–H groups in total. The van der Waals surface area contributed by atoms with E-state index >= 15 is 0 Å². The highest BCUT2D eigenvalue weighted by Gasteiger charge is 2.10. The van der Waals surface area contributed by atoms with Crippen LogP contribution in [0.5, 0.6) is 0 Å². The first kappa shape index (κ1) is 12.1. The molecule has 2 rings (SSSR count). The van der Waals surface area contributed by atoms with Gasteiger partial charge in [0.1, 0.15) is 0 Å². The maximum atomic E-state index is 5.48. The van der Waals surface area contributed by atoms with E-state index in [-0.39, 0.29) is 0 Å². The molecule has 0 bridgehead atoms. The molecule has 1 heterocycles. The first-order chi connectivity index (χ1) is 8.22. The lowest BCUT2D eigenvalue weighted by molar-refractivity contribution is 0.751. The first-order valence-electron chi connectivity index (χ1n) is 5.41. The van der Waals surface area contributed by atoms with Gasteiger partial charge in [-0.15, -0.1) is 5.10 Å². The fourth-order valence-electron chi connectivity index (χ4n) is 1.61. The van der Waals surface area contributed by atoms with Crippen molar-refractivity contribution in [2.75, 3.05) is 12.3 Å². The lowest BCUT2D eigenvalue weighted by Gasteiger charge is -2.07. The standard InChI is InChI=1S/C11H15N5S/c1-8-3-4-10(9(2)7-8)16-11(13-14-15-16)17-6-5-12/h3-4,7H,5-6,12H2,1-2H3. The minimum atomic E-state index is 0.615. The molecule has 90 valence electrons. The summed E-state index contributed by atoms with van der Waals surface area (Å²) in [6.07, 6.45) is 0. The van der Waals surface area contributed by atoms with Crippen LogP contribution in [0.2, 0.25) is 0 Å². The molecule has 0 radical (unpaired) electrons. The van der Waals surface area contributed by atoms with Gasteiger partial charge in [0, 0.05) is 12.3 Å². The molecule has 6 heteroatoms. The summed E-state index contributed by atoms with van der Waals surface area (Å²) >= 11 is 1.56. The van der Waals surface area contributed by atoms with Crippen molar-refractivity contribution in [2.24, 2.45) is 5.73 Å². The number of nitrogens with zero attached hydrogens (tertiary/aromatic N) is 4. The summed E-state index contributed by atoms with van der Waals surface area (Å²) in [6, 6.07) is 6.21. The number of nitrogens with two attached hydrogens (primary N) is 1. The summed E-state index contributed by atoms with van der Waals surface area (Å²) in [5.41, 5.74) is 8.89. The molecule has 0 aliphatic carbocycles. The predicted octanol–water partition coefficient (Wildman–Crippen LogP) is 1.33. The number of aromatic nitrogens is 4. The van der Waals surface area contributed by atoms with Crippen LogP contribution in [0.25, 0.3) is 5.69 Å². The van der Waals surface area contributed by atoms with Crippen molar-refractivity contribution in [1.82, 2.24) is 20.2 Å². The second-order valence-electron chi connectivity index (χ2n) is 3.80. The maximum Gasteiger partial charge on any atom is 0.214 e. The summed E-state index contributed by atoms with van der Waals surface area (Å²) in [6.45, 7) is 4.74. The molecule has 0 aliphatic rings. The Morgan fingerprint density at radius 3 is 2.88 bits per heavy atom. The van der Waals surface area contributed by atoms with E-state index in [1.165, 1.54) is 5.56 Å². The molecule has 0 saturated heterocycles. The second-order valence-corrected chi connectivity index (χ2v) is 4.86. The van der Waals surface area contributed by atoms with E-state index in [1.807, 2.05) is 6.07 Å². The summed E-state index contributed by atoms with van der Waals surface area (Å²) in [5.74, 6) is 0.811. The lowest BCUT2D eigenvalue weighted by atomic mass is 10.1. The summed E-state index contributed by atoms with van der Waals surface area (Å²) < 4.78 is 1.76. The highest BCUT2D eigenvalue weighted by molar-refractivity contribution is 7.99. The van der Waals surface area contributed by atoms with Gasteiger partial charge in [-0.2, -0.15) is 4.68 Å². The number of aryl methyl sites for hydroxylation is 2. The van der Waals surface area contributed by atoms with Crippen molar-refractivity contribution in [1.29, 1.82) is 0 Å². The first-order valence-corrected chi connectivity index (χ1v) is 6.40. The van der Waals surface area contributed by atoms with E-state index in [1.54, 1.807) is 16.4 Å². The van der Waals surface area contributed by atoms with Gasteiger partial charge >= 0.3 is 0 Å². The fourth-order valence-corrected chi connectivity index (χ4v) is 2.27. The monoisotopic (exact) mass is 249 g/mol. The maximum absolute atomic E-state index is 5.48. The highest BCUT2D eigenvalue weighted by atomic mass is 32.2. The number of benzene rings is 1. The van der Waals surface area contributed by atoms with Gasteiger partial charge in [0.15, 0.2) is 0 Å². The van der Waals surface area contributed by atoms with Crippen LogP contribution >= 0.6 is 11.8 Å². The minimum absolute atomic E-state index is 0.615. The molecular formula is C11H15N5S. The molecule has 1 aromatic carbocycles. The lowest BCUT2D eigenvalue weighted by Crippen LogP contribution is -2.05. The number of tetrazole rings is 1. The van der Waals surface area contributed by atoms with Crippen LogP contribution < -0.4 is 5.73 Å². The molecule has 5 nitrogen and oxygen atoms in total. The van der Waals surface area contributed by atoms with Gasteiger partial charge in [0.05, 0.1) is 5.69 Å². The molecule has 0 fully saturated rings. The van der Waals surface area contributed by atoms with Crippen molar-refractivity contribution in [3.8, 4) is 5.69 Å². The van der Waals surface area contributed by atoms with Gasteiger partial charge in [0.2, 0.25) is 5.16 Å². The minimum Gasteiger partial charge on any atom is -0.330 e. The number of hydrogen-bond acceptors (Lipinski definition) is 5. The van der Waals surface area contributed by atoms with Crippen LogP contribution in [0.1, 0.15) is 11.1 Å². The van der Waals surface area contributed by atoms with Crippen LogP contribution in [-0.4, -0.2) is 32.5 Å². The Kier molecular flexibility index (Phi) is 3.75. The molecule has 0 atom stereocenters. The van der Waals surface area contributed by atoms with Gasteiger partial charge in [0.25, 0.3) is 0 Å². The molecule has 0 unspecified atom stereocenters. The van der Waals surface area contributed by atoms with Crippen molar-refractivity contribution >= 4 is 11.8 Å². The van der Waals surface area contributed by atoms with Gasteiger partial charge < -0.3 is 5.73 Å². The van der Waals surface area contributed by atoms with Crippen LogP contribution in [0.4, 0.5) is 0 Å². The van der Waals surface area contributed by atoms with E-state index in [2.05, 4.69) is 41.5 Å². The van der Waals surface area contributed by atoms with E-state index in [0.717, 1.165) is 22.2 Å².